The van der Waals surface area contributed by atoms with Crippen LogP contribution in [0.2, 0.25) is 0 Å². The molecule has 0 amide bonds. The molecule has 12 aromatic rings. The average molecular weight is 967 g/mol. The molecule has 1 aliphatic heterocycles. The first-order chi connectivity index (χ1) is 37.8. The maximum absolute atomic E-state index is 2.59. The summed E-state index contributed by atoms with van der Waals surface area (Å²) in [4.78, 5) is 5.05. The standard InChI is InChI=1S/C74H50N2/c1-5-26-51(27-6-1)56-34-13-14-35-57(56)60-37-17-22-44-68(60)76(71-47-25-43-66-72(71)61-38-16-19-40-63(61)73(66,52-28-7-2-8-29-52)53-30-9-3-10-31-53)55-48-49-59-58-36-15-18-39-62(58)74(67(59)50-55)64-41-20-23-45-69(64)75(54-32-11-4-12-33-54)70-46-24-21-42-65(70)74/h1-50H. The van der Waals surface area contributed by atoms with E-state index in [0.29, 0.717) is 0 Å². The van der Waals surface area contributed by atoms with Gasteiger partial charge in [-0.2, -0.15) is 0 Å². The highest BCUT2D eigenvalue weighted by Crippen LogP contribution is 2.65. The van der Waals surface area contributed by atoms with Crippen molar-refractivity contribution in [1.29, 1.82) is 0 Å². The largest absolute Gasteiger partial charge is 0.310 e. The van der Waals surface area contributed by atoms with Crippen LogP contribution in [0, 0.1) is 0 Å². The first-order valence-electron chi connectivity index (χ1n) is 26.4. The van der Waals surface area contributed by atoms with E-state index in [2.05, 4.69) is 313 Å². The minimum atomic E-state index is -0.646. The Bertz CT molecular complexity index is 4090. The summed E-state index contributed by atoms with van der Waals surface area (Å²) >= 11 is 0. The topological polar surface area (TPSA) is 6.48 Å². The molecule has 0 aromatic heterocycles. The van der Waals surface area contributed by atoms with Gasteiger partial charge in [0.05, 0.1) is 33.6 Å². The van der Waals surface area contributed by atoms with Crippen LogP contribution in [0.4, 0.5) is 34.1 Å². The zero-order valence-corrected chi connectivity index (χ0v) is 41.8. The number of nitrogens with zero attached hydrogens (tertiary/aromatic N) is 2. The zero-order valence-electron chi connectivity index (χ0n) is 41.8. The van der Waals surface area contributed by atoms with E-state index in [1.807, 2.05) is 0 Å². The fourth-order valence-electron chi connectivity index (χ4n) is 13.6. The summed E-state index contributed by atoms with van der Waals surface area (Å²) in [6.45, 7) is 0. The van der Waals surface area contributed by atoms with E-state index in [4.69, 9.17) is 0 Å². The summed E-state index contributed by atoms with van der Waals surface area (Å²) in [6, 6.07) is 113. The van der Waals surface area contributed by atoms with Crippen LogP contribution < -0.4 is 9.80 Å². The average Bonchev–Trinajstić information content (AvgIpc) is 4.12. The van der Waals surface area contributed by atoms with Gasteiger partial charge >= 0.3 is 0 Å². The van der Waals surface area contributed by atoms with Gasteiger partial charge < -0.3 is 9.80 Å². The van der Waals surface area contributed by atoms with E-state index < -0.39 is 10.8 Å². The monoisotopic (exact) mass is 966 g/mol. The molecule has 2 aliphatic carbocycles. The van der Waals surface area contributed by atoms with Gasteiger partial charge in [0.25, 0.3) is 0 Å². The highest BCUT2D eigenvalue weighted by atomic mass is 15.2. The number of hydrogen-bond acceptors (Lipinski definition) is 2. The predicted molar refractivity (Wildman–Crippen MR) is 315 cm³/mol. The van der Waals surface area contributed by atoms with Gasteiger partial charge in [0.15, 0.2) is 0 Å². The van der Waals surface area contributed by atoms with Gasteiger partial charge in [-0.25, -0.2) is 0 Å². The number of rotatable bonds is 8. The van der Waals surface area contributed by atoms with Gasteiger partial charge in [0.1, 0.15) is 0 Å². The maximum Gasteiger partial charge on any atom is 0.0755 e. The van der Waals surface area contributed by atoms with E-state index >= 15 is 0 Å². The van der Waals surface area contributed by atoms with Crippen molar-refractivity contribution >= 4 is 34.1 Å². The molecule has 1 heterocycles. The number of hydrogen-bond donors (Lipinski definition) is 0. The Morgan fingerprint density at radius 2 is 0.711 bits per heavy atom. The molecule has 2 heteroatoms. The lowest BCUT2D eigenvalue weighted by Crippen LogP contribution is -2.36. The molecule has 0 bridgehead atoms. The number of para-hydroxylation sites is 4. The molecule has 0 fully saturated rings. The summed E-state index contributed by atoms with van der Waals surface area (Å²) in [5.41, 5.74) is 25.3. The van der Waals surface area contributed by atoms with Crippen LogP contribution in [0.3, 0.4) is 0 Å². The molecule has 0 radical (unpaired) electrons. The van der Waals surface area contributed by atoms with E-state index in [-0.39, 0.29) is 0 Å². The van der Waals surface area contributed by atoms with Crippen LogP contribution in [0.1, 0.15) is 44.5 Å². The molecule has 76 heavy (non-hydrogen) atoms. The normalized spacial score (nSPS) is 13.7. The van der Waals surface area contributed by atoms with Gasteiger partial charge in [0.2, 0.25) is 0 Å². The van der Waals surface area contributed by atoms with Crippen molar-refractivity contribution < 1.29 is 0 Å². The van der Waals surface area contributed by atoms with E-state index in [0.717, 1.165) is 28.3 Å². The lowest BCUT2D eigenvalue weighted by molar-refractivity contribution is 0.752. The molecule has 0 saturated heterocycles. The first kappa shape index (κ1) is 43.8. The summed E-state index contributed by atoms with van der Waals surface area (Å²) in [7, 11) is 0. The van der Waals surface area contributed by atoms with Crippen LogP contribution in [-0.2, 0) is 10.8 Å². The highest BCUT2D eigenvalue weighted by molar-refractivity contribution is 6.03. The Morgan fingerprint density at radius 3 is 1.36 bits per heavy atom. The van der Waals surface area contributed by atoms with Gasteiger partial charge in [-0.3, -0.25) is 0 Å². The lowest BCUT2D eigenvalue weighted by Gasteiger charge is -2.45. The van der Waals surface area contributed by atoms with E-state index in [1.54, 1.807) is 0 Å². The smallest absolute Gasteiger partial charge is 0.0755 e. The molecule has 15 rings (SSSR count). The Kier molecular flexibility index (Phi) is 10.0. The van der Waals surface area contributed by atoms with Crippen molar-refractivity contribution in [3.63, 3.8) is 0 Å². The lowest BCUT2D eigenvalue weighted by atomic mass is 9.64. The fourth-order valence-corrected chi connectivity index (χ4v) is 13.6. The quantitative estimate of drug-likeness (QED) is 0.150. The molecule has 0 N–H and O–H groups in total. The Balaban J connectivity index is 1.05. The van der Waals surface area contributed by atoms with Crippen molar-refractivity contribution in [3.8, 4) is 44.5 Å². The second-order valence-corrected chi connectivity index (χ2v) is 20.2. The highest BCUT2D eigenvalue weighted by Gasteiger charge is 2.52. The predicted octanol–water partition coefficient (Wildman–Crippen LogP) is 19.0. The van der Waals surface area contributed by atoms with E-state index in [9.17, 15) is 0 Å². The fraction of sp³-hybridized carbons (Fsp3) is 0.0270. The summed E-state index contributed by atoms with van der Waals surface area (Å²) in [5.74, 6) is 0. The molecule has 2 nitrogen and oxygen atoms in total. The molecular formula is C74H50N2. The Hall–Kier alpha value is -9.76. The molecule has 1 spiro atoms. The van der Waals surface area contributed by atoms with Gasteiger partial charge in [-0.05, 0) is 126 Å². The zero-order chi connectivity index (χ0) is 50.2. The number of fused-ring (bicyclic) bond motifs is 12. The third-order valence-corrected chi connectivity index (χ3v) is 16.5. The van der Waals surface area contributed by atoms with Crippen LogP contribution in [0.5, 0.6) is 0 Å². The van der Waals surface area contributed by atoms with Gasteiger partial charge in [0, 0.05) is 22.5 Å². The summed E-state index contributed by atoms with van der Waals surface area (Å²) in [6.07, 6.45) is 0. The second-order valence-electron chi connectivity index (χ2n) is 20.2. The van der Waals surface area contributed by atoms with E-state index in [1.165, 1.54) is 94.8 Å². The number of anilines is 6. The first-order valence-corrected chi connectivity index (χ1v) is 26.4. The van der Waals surface area contributed by atoms with Crippen molar-refractivity contribution in [1.82, 2.24) is 0 Å². The third kappa shape index (κ3) is 6.22. The molecule has 356 valence electrons. The molecule has 12 aromatic carbocycles. The molecule has 0 unspecified atom stereocenters. The Morgan fingerprint density at radius 1 is 0.263 bits per heavy atom. The second kappa shape index (κ2) is 17.4. The molecule has 3 aliphatic rings. The van der Waals surface area contributed by atoms with Crippen LogP contribution in [0.15, 0.2) is 303 Å². The third-order valence-electron chi connectivity index (χ3n) is 16.5. The SMILES string of the molecule is c1ccc(-c2ccccc2-c2ccccc2N(c2ccc3c(c2)C2(c4ccccc4-3)c3ccccc3N(c3ccccc3)c3ccccc32)c2cccc3c2-c2ccccc2C3(c2ccccc2)c2ccccc2)cc1. The Labute approximate surface area is 444 Å². The minimum absolute atomic E-state index is 0.584. The van der Waals surface area contributed by atoms with Crippen LogP contribution in [0.25, 0.3) is 44.5 Å². The molecule has 0 atom stereocenters. The van der Waals surface area contributed by atoms with Gasteiger partial charge in [-0.1, -0.05) is 255 Å². The minimum Gasteiger partial charge on any atom is -0.310 e. The van der Waals surface area contributed by atoms with Crippen molar-refractivity contribution in [2.24, 2.45) is 0 Å². The van der Waals surface area contributed by atoms with Crippen molar-refractivity contribution in [2.45, 2.75) is 10.8 Å². The van der Waals surface area contributed by atoms with Gasteiger partial charge in [-0.15, -0.1) is 0 Å². The summed E-state index contributed by atoms with van der Waals surface area (Å²) < 4.78 is 0. The van der Waals surface area contributed by atoms with Crippen LogP contribution in [-0.4, -0.2) is 0 Å². The van der Waals surface area contributed by atoms with Crippen molar-refractivity contribution in [2.75, 3.05) is 9.80 Å². The van der Waals surface area contributed by atoms with Crippen LogP contribution >= 0.6 is 0 Å². The summed E-state index contributed by atoms with van der Waals surface area (Å²) in [5, 5.41) is 0. The maximum atomic E-state index is 2.59. The number of benzene rings is 12. The molecule has 0 saturated carbocycles. The van der Waals surface area contributed by atoms with Crippen molar-refractivity contribution in [3.05, 3.63) is 348 Å². The molecular weight excluding hydrogens is 917 g/mol.